The minimum atomic E-state index is -0.772. The fraction of sp³-hybridized carbons (Fsp3) is 0.250. The lowest BCUT2D eigenvalue weighted by atomic mass is 9.91. The Labute approximate surface area is 132 Å². The molecule has 0 heterocycles. The Hall–Kier alpha value is -1.95. The van der Waals surface area contributed by atoms with Crippen LogP contribution < -0.4 is 0 Å². The van der Waals surface area contributed by atoms with Crippen LogP contribution >= 0.6 is 11.6 Å². The highest BCUT2D eigenvalue weighted by Crippen LogP contribution is 2.30. The van der Waals surface area contributed by atoms with Crippen LogP contribution in [0.5, 0.6) is 0 Å². The molecule has 0 saturated carbocycles. The molecule has 0 spiro atoms. The first-order chi connectivity index (χ1) is 10.5. The third kappa shape index (κ3) is 4.04. The number of benzene rings is 2. The van der Waals surface area contributed by atoms with Gasteiger partial charge < -0.3 is 10.2 Å². The van der Waals surface area contributed by atoms with Gasteiger partial charge in [-0.2, -0.15) is 0 Å². The summed E-state index contributed by atoms with van der Waals surface area (Å²) in [6.07, 6.45) is -0.472. The lowest BCUT2D eigenvalue weighted by Gasteiger charge is -2.19. The quantitative estimate of drug-likeness (QED) is 0.630. The highest BCUT2D eigenvalue weighted by molar-refractivity contribution is 6.30. The molecular weight excluding hydrogens is 306 g/mol. The number of rotatable bonds is 6. The van der Waals surface area contributed by atoms with Gasteiger partial charge in [0.1, 0.15) is 0 Å². The molecule has 5 nitrogen and oxygen atoms in total. The fourth-order valence-corrected chi connectivity index (χ4v) is 2.50. The average Bonchev–Trinajstić information content (AvgIpc) is 2.52. The van der Waals surface area contributed by atoms with Crippen molar-refractivity contribution in [2.75, 3.05) is 6.61 Å². The number of nitrogens with zero attached hydrogens (tertiary/aromatic N) is 1. The summed E-state index contributed by atoms with van der Waals surface area (Å²) in [6, 6.07) is 12.9. The molecule has 0 aliphatic carbocycles. The minimum absolute atomic E-state index is 0.00386. The molecule has 2 aromatic rings. The molecule has 0 saturated heterocycles. The summed E-state index contributed by atoms with van der Waals surface area (Å²) in [5.41, 5.74) is 1.41. The van der Waals surface area contributed by atoms with Gasteiger partial charge in [-0.15, -0.1) is 0 Å². The van der Waals surface area contributed by atoms with E-state index < -0.39 is 11.0 Å². The van der Waals surface area contributed by atoms with Gasteiger partial charge in [-0.1, -0.05) is 35.9 Å². The van der Waals surface area contributed by atoms with Gasteiger partial charge in [0.15, 0.2) is 0 Å². The van der Waals surface area contributed by atoms with E-state index in [1.807, 2.05) is 0 Å². The summed E-state index contributed by atoms with van der Waals surface area (Å²) in [5.74, 6) is -0.310. The van der Waals surface area contributed by atoms with E-state index in [0.717, 1.165) is 5.56 Å². The van der Waals surface area contributed by atoms with Crippen molar-refractivity contribution in [3.63, 3.8) is 0 Å². The standard InChI is InChI=1S/C16H16ClNO4/c17-14-3-1-2-12(8-14)16(20)9-13(10-19)11-4-6-15(7-5-11)18(21)22/h1-8,13,16,19-20H,9-10H2. The van der Waals surface area contributed by atoms with Crippen molar-refractivity contribution >= 4 is 17.3 Å². The third-order valence-electron chi connectivity index (χ3n) is 3.54. The first kappa shape index (κ1) is 16.4. The maximum Gasteiger partial charge on any atom is 0.269 e. The molecule has 0 amide bonds. The third-order valence-corrected chi connectivity index (χ3v) is 3.77. The molecule has 0 radical (unpaired) electrons. The molecular formula is C16H16ClNO4. The van der Waals surface area contributed by atoms with E-state index in [2.05, 4.69) is 0 Å². The minimum Gasteiger partial charge on any atom is -0.396 e. The normalized spacial score (nSPS) is 13.6. The van der Waals surface area contributed by atoms with Gasteiger partial charge in [0.2, 0.25) is 0 Å². The van der Waals surface area contributed by atoms with Gasteiger partial charge in [-0.05, 0) is 29.7 Å². The Morgan fingerprint density at radius 3 is 2.36 bits per heavy atom. The molecule has 0 fully saturated rings. The number of aliphatic hydroxyl groups is 2. The smallest absolute Gasteiger partial charge is 0.269 e. The summed E-state index contributed by atoms with van der Waals surface area (Å²) in [5, 5.41) is 31.0. The highest BCUT2D eigenvalue weighted by Gasteiger charge is 2.18. The monoisotopic (exact) mass is 321 g/mol. The van der Waals surface area contributed by atoms with Crippen LogP contribution in [-0.2, 0) is 0 Å². The predicted molar refractivity (Wildman–Crippen MR) is 84.0 cm³/mol. The van der Waals surface area contributed by atoms with Crippen molar-refractivity contribution in [2.45, 2.75) is 18.4 Å². The fourth-order valence-electron chi connectivity index (χ4n) is 2.30. The van der Waals surface area contributed by atoms with Crippen molar-refractivity contribution in [3.8, 4) is 0 Å². The maximum atomic E-state index is 10.6. The van der Waals surface area contributed by atoms with E-state index in [4.69, 9.17) is 11.6 Å². The van der Waals surface area contributed by atoms with Gasteiger partial charge in [0, 0.05) is 23.1 Å². The Kier molecular flexibility index (Phi) is 5.49. The van der Waals surface area contributed by atoms with E-state index in [9.17, 15) is 20.3 Å². The summed E-state index contributed by atoms with van der Waals surface area (Å²) < 4.78 is 0. The van der Waals surface area contributed by atoms with E-state index >= 15 is 0 Å². The summed E-state index contributed by atoms with van der Waals surface area (Å²) >= 11 is 5.90. The molecule has 2 unspecified atom stereocenters. The number of nitro benzene ring substituents is 1. The van der Waals surface area contributed by atoms with Crippen LogP contribution in [0.25, 0.3) is 0 Å². The number of hydrogen-bond acceptors (Lipinski definition) is 4. The predicted octanol–water partition coefficient (Wildman–Crippen LogP) is 3.45. The van der Waals surface area contributed by atoms with Crippen LogP contribution in [0, 0.1) is 10.1 Å². The Morgan fingerprint density at radius 1 is 1.14 bits per heavy atom. The number of halogens is 1. The summed E-state index contributed by atoms with van der Waals surface area (Å²) in [7, 11) is 0. The van der Waals surface area contributed by atoms with Crippen molar-refractivity contribution < 1.29 is 15.1 Å². The second-order valence-corrected chi connectivity index (χ2v) is 5.47. The SMILES string of the molecule is O=[N+]([O-])c1ccc(C(CO)CC(O)c2cccc(Cl)c2)cc1. The van der Waals surface area contributed by atoms with E-state index in [-0.39, 0.29) is 18.2 Å². The number of aliphatic hydroxyl groups excluding tert-OH is 2. The van der Waals surface area contributed by atoms with Crippen LogP contribution in [0.2, 0.25) is 5.02 Å². The van der Waals surface area contributed by atoms with Crippen molar-refractivity contribution in [1.29, 1.82) is 0 Å². The molecule has 0 aliphatic rings. The first-order valence-corrected chi connectivity index (χ1v) is 7.17. The van der Waals surface area contributed by atoms with Crippen molar-refractivity contribution in [2.24, 2.45) is 0 Å². The van der Waals surface area contributed by atoms with Gasteiger partial charge in [0.25, 0.3) is 5.69 Å². The zero-order chi connectivity index (χ0) is 16.1. The Bertz CT molecular complexity index is 645. The topological polar surface area (TPSA) is 83.6 Å². The molecule has 2 aromatic carbocycles. The van der Waals surface area contributed by atoms with E-state index in [1.54, 1.807) is 36.4 Å². The molecule has 116 valence electrons. The second-order valence-electron chi connectivity index (χ2n) is 5.03. The summed E-state index contributed by atoms with van der Waals surface area (Å²) in [4.78, 5) is 10.2. The molecule has 2 atom stereocenters. The van der Waals surface area contributed by atoms with Crippen LogP contribution in [0.1, 0.15) is 29.6 Å². The summed E-state index contributed by atoms with van der Waals surface area (Å²) in [6.45, 7) is -0.157. The number of hydrogen-bond donors (Lipinski definition) is 2. The van der Waals surface area contributed by atoms with Crippen molar-refractivity contribution in [1.82, 2.24) is 0 Å². The Balaban J connectivity index is 2.13. The van der Waals surface area contributed by atoms with Crippen molar-refractivity contribution in [3.05, 3.63) is 74.8 Å². The lowest BCUT2D eigenvalue weighted by Crippen LogP contribution is -2.10. The molecule has 0 aliphatic heterocycles. The number of non-ortho nitro benzene ring substituents is 1. The first-order valence-electron chi connectivity index (χ1n) is 6.80. The molecule has 2 rings (SSSR count). The average molecular weight is 322 g/mol. The van der Waals surface area contributed by atoms with Crippen LogP contribution in [0.3, 0.4) is 0 Å². The highest BCUT2D eigenvalue weighted by atomic mass is 35.5. The van der Waals surface area contributed by atoms with Gasteiger partial charge >= 0.3 is 0 Å². The molecule has 22 heavy (non-hydrogen) atoms. The van der Waals surface area contributed by atoms with E-state index in [0.29, 0.717) is 17.0 Å². The van der Waals surface area contributed by atoms with Crippen LogP contribution in [0.4, 0.5) is 5.69 Å². The molecule has 0 bridgehead atoms. The zero-order valence-electron chi connectivity index (χ0n) is 11.7. The lowest BCUT2D eigenvalue weighted by molar-refractivity contribution is -0.384. The number of nitro groups is 1. The maximum absolute atomic E-state index is 10.6. The largest absolute Gasteiger partial charge is 0.396 e. The second kappa shape index (κ2) is 7.35. The molecule has 0 aromatic heterocycles. The van der Waals surface area contributed by atoms with Gasteiger partial charge in [0.05, 0.1) is 17.6 Å². The van der Waals surface area contributed by atoms with Crippen LogP contribution in [0.15, 0.2) is 48.5 Å². The van der Waals surface area contributed by atoms with Gasteiger partial charge in [-0.3, -0.25) is 10.1 Å². The zero-order valence-corrected chi connectivity index (χ0v) is 12.5. The Morgan fingerprint density at radius 2 is 1.82 bits per heavy atom. The van der Waals surface area contributed by atoms with Gasteiger partial charge in [-0.25, -0.2) is 0 Å². The molecule has 2 N–H and O–H groups in total. The molecule has 6 heteroatoms. The van der Waals surface area contributed by atoms with Crippen LogP contribution in [-0.4, -0.2) is 21.7 Å². The van der Waals surface area contributed by atoms with E-state index in [1.165, 1.54) is 12.1 Å².